The summed E-state index contributed by atoms with van der Waals surface area (Å²) in [6.45, 7) is 10.6. The second-order valence-corrected chi connectivity index (χ2v) is 10.1. The number of fused-ring (bicyclic) bond motifs is 1. The average Bonchev–Trinajstić information content (AvgIpc) is 3.58. The standard InChI is InChI=1S/C26H31N7O3/c1-5-26(3,4)33-23(28-29-30-33)22(19-16-18-9-6-8-17(2)21(18)27-24(19)34)31-11-13-32(14-12-31)25(35)20-10-7-15-36-20/h6-10,15-16,22H,5,11-14H2,1-4H3,(H,27,34)/p+1/t22-/m1/s1. The van der Waals surface area contributed by atoms with Gasteiger partial charge in [0.15, 0.2) is 11.8 Å². The van der Waals surface area contributed by atoms with Crippen LogP contribution in [0.15, 0.2) is 51.9 Å². The van der Waals surface area contributed by atoms with Crippen molar-refractivity contribution in [3.63, 3.8) is 0 Å². The van der Waals surface area contributed by atoms with Crippen LogP contribution < -0.4 is 10.5 Å². The van der Waals surface area contributed by atoms with Crippen molar-refractivity contribution in [1.29, 1.82) is 0 Å². The van der Waals surface area contributed by atoms with Crippen LogP contribution in [-0.2, 0) is 5.54 Å². The lowest BCUT2D eigenvalue weighted by Crippen LogP contribution is -3.15. The van der Waals surface area contributed by atoms with Gasteiger partial charge in [0.2, 0.25) is 5.82 Å². The number of aromatic nitrogens is 5. The highest BCUT2D eigenvalue weighted by atomic mass is 16.3. The molecule has 10 heteroatoms. The zero-order chi connectivity index (χ0) is 25.4. The van der Waals surface area contributed by atoms with E-state index in [9.17, 15) is 9.59 Å². The molecule has 36 heavy (non-hydrogen) atoms. The van der Waals surface area contributed by atoms with Crippen molar-refractivity contribution in [3.05, 3.63) is 75.7 Å². The maximum Gasteiger partial charge on any atom is 0.289 e. The predicted molar refractivity (Wildman–Crippen MR) is 134 cm³/mol. The Morgan fingerprint density at radius 3 is 2.69 bits per heavy atom. The van der Waals surface area contributed by atoms with Gasteiger partial charge in [0, 0.05) is 0 Å². The Bertz CT molecular complexity index is 1430. The van der Waals surface area contributed by atoms with Crippen molar-refractivity contribution in [3.8, 4) is 0 Å². The van der Waals surface area contributed by atoms with Gasteiger partial charge >= 0.3 is 0 Å². The van der Waals surface area contributed by atoms with Crippen LogP contribution in [0.3, 0.4) is 0 Å². The summed E-state index contributed by atoms with van der Waals surface area (Å²) in [5.74, 6) is 0.872. The first-order valence-corrected chi connectivity index (χ1v) is 12.4. The zero-order valence-corrected chi connectivity index (χ0v) is 21.1. The van der Waals surface area contributed by atoms with E-state index in [0.717, 1.165) is 27.8 Å². The number of furan rings is 1. The summed E-state index contributed by atoms with van der Waals surface area (Å²) >= 11 is 0. The number of tetrazole rings is 1. The highest BCUT2D eigenvalue weighted by molar-refractivity contribution is 5.91. The van der Waals surface area contributed by atoms with Crippen LogP contribution in [0.25, 0.3) is 10.9 Å². The van der Waals surface area contributed by atoms with E-state index >= 15 is 0 Å². The maximum atomic E-state index is 13.5. The quantitative estimate of drug-likeness (QED) is 0.425. The van der Waals surface area contributed by atoms with Gasteiger partial charge in [-0.3, -0.25) is 9.59 Å². The van der Waals surface area contributed by atoms with Crippen LogP contribution in [0.4, 0.5) is 0 Å². The maximum absolute atomic E-state index is 13.5. The van der Waals surface area contributed by atoms with Crippen LogP contribution in [-0.4, -0.2) is 62.2 Å². The summed E-state index contributed by atoms with van der Waals surface area (Å²) in [5, 5.41) is 13.8. The number of carbonyl (C=O) groups is 1. The number of pyridine rings is 1. The molecule has 1 aliphatic heterocycles. The normalized spacial score (nSPS) is 15.9. The number of hydrogen-bond donors (Lipinski definition) is 2. The number of nitrogens with zero attached hydrogens (tertiary/aromatic N) is 5. The van der Waals surface area contributed by atoms with Gasteiger partial charge in [-0.25, -0.2) is 4.68 Å². The number of benzene rings is 1. The molecule has 0 saturated carbocycles. The number of carbonyl (C=O) groups excluding carboxylic acids is 1. The van der Waals surface area contributed by atoms with Crippen molar-refractivity contribution in [1.82, 2.24) is 30.1 Å². The minimum atomic E-state index is -0.389. The van der Waals surface area contributed by atoms with E-state index in [1.54, 1.807) is 17.0 Å². The fourth-order valence-corrected chi connectivity index (χ4v) is 4.95. The van der Waals surface area contributed by atoms with Gasteiger partial charge in [-0.15, -0.1) is 5.10 Å². The molecule has 1 fully saturated rings. The molecular formula is C26H32N7O3+. The van der Waals surface area contributed by atoms with Gasteiger partial charge in [0.1, 0.15) is 0 Å². The molecule has 1 aromatic carbocycles. The van der Waals surface area contributed by atoms with Gasteiger partial charge in [-0.2, -0.15) is 0 Å². The summed E-state index contributed by atoms with van der Waals surface area (Å²) in [4.78, 5) is 32.4. The Labute approximate surface area is 208 Å². The molecule has 4 aromatic rings. The van der Waals surface area contributed by atoms with Crippen molar-refractivity contribution in [2.75, 3.05) is 26.2 Å². The third-order valence-corrected chi connectivity index (χ3v) is 7.45. The Balaban J connectivity index is 1.55. The number of amides is 1. The lowest BCUT2D eigenvalue weighted by molar-refractivity contribution is -0.930. The molecule has 188 valence electrons. The fraction of sp³-hybridized carbons (Fsp3) is 0.423. The lowest BCUT2D eigenvalue weighted by atomic mass is 9.98. The molecule has 0 spiro atoms. The monoisotopic (exact) mass is 490 g/mol. The van der Waals surface area contributed by atoms with E-state index < -0.39 is 0 Å². The van der Waals surface area contributed by atoms with Crippen LogP contribution in [0, 0.1) is 6.92 Å². The van der Waals surface area contributed by atoms with E-state index in [1.807, 2.05) is 35.9 Å². The minimum absolute atomic E-state index is 0.119. The van der Waals surface area contributed by atoms with E-state index in [-0.39, 0.29) is 23.0 Å². The molecule has 0 unspecified atom stereocenters. The third-order valence-electron chi connectivity index (χ3n) is 7.45. The number of para-hydroxylation sites is 1. The summed E-state index contributed by atoms with van der Waals surface area (Å²) in [5.41, 5.74) is 2.00. The minimum Gasteiger partial charge on any atom is -0.459 e. The molecule has 1 atom stereocenters. The highest BCUT2D eigenvalue weighted by Gasteiger charge is 2.39. The van der Waals surface area contributed by atoms with Crippen molar-refractivity contribution >= 4 is 16.8 Å². The number of quaternary nitrogens is 1. The van der Waals surface area contributed by atoms with Gasteiger partial charge < -0.3 is 19.2 Å². The second kappa shape index (κ2) is 9.34. The molecule has 4 heterocycles. The second-order valence-electron chi connectivity index (χ2n) is 10.1. The van der Waals surface area contributed by atoms with Gasteiger partial charge in [0.25, 0.3) is 11.5 Å². The Hall–Kier alpha value is -3.79. The Morgan fingerprint density at radius 1 is 1.22 bits per heavy atom. The van der Waals surface area contributed by atoms with Crippen molar-refractivity contribution in [2.24, 2.45) is 0 Å². The van der Waals surface area contributed by atoms with E-state index in [1.165, 1.54) is 6.26 Å². The van der Waals surface area contributed by atoms with Crippen LogP contribution >= 0.6 is 0 Å². The van der Waals surface area contributed by atoms with E-state index in [2.05, 4.69) is 41.3 Å². The number of aromatic amines is 1. The van der Waals surface area contributed by atoms with Gasteiger partial charge in [-0.1, -0.05) is 25.1 Å². The van der Waals surface area contributed by atoms with Crippen LogP contribution in [0.2, 0.25) is 0 Å². The number of nitrogens with one attached hydrogen (secondary N) is 2. The molecule has 1 amide bonds. The van der Waals surface area contributed by atoms with Gasteiger partial charge in [0.05, 0.1) is 49.1 Å². The number of rotatable bonds is 6. The smallest absolute Gasteiger partial charge is 0.289 e. The number of aryl methyl sites for hydroxylation is 1. The highest BCUT2D eigenvalue weighted by Crippen LogP contribution is 2.25. The average molecular weight is 491 g/mol. The van der Waals surface area contributed by atoms with E-state index in [0.29, 0.717) is 43.3 Å². The molecule has 2 N–H and O–H groups in total. The third kappa shape index (κ3) is 4.21. The van der Waals surface area contributed by atoms with Crippen LogP contribution in [0.1, 0.15) is 60.7 Å². The zero-order valence-electron chi connectivity index (χ0n) is 21.1. The fourth-order valence-electron chi connectivity index (χ4n) is 4.95. The first kappa shape index (κ1) is 23.9. The SMILES string of the molecule is CCC(C)(C)n1nnnc1[C@@H](c1cc2cccc(C)c2[nH]c1=O)[NH+]1CCN(C(=O)c2ccco2)CC1. The molecular weight excluding hydrogens is 458 g/mol. The summed E-state index contributed by atoms with van der Waals surface area (Å²) < 4.78 is 7.16. The molecule has 1 aliphatic rings. The van der Waals surface area contributed by atoms with Gasteiger partial charge in [-0.05, 0) is 66.8 Å². The molecule has 3 aromatic heterocycles. The predicted octanol–water partition coefficient (Wildman–Crippen LogP) is 1.69. The summed E-state index contributed by atoms with van der Waals surface area (Å²) in [7, 11) is 0. The molecule has 5 rings (SSSR count). The molecule has 0 aliphatic carbocycles. The largest absolute Gasteiger partial charge is 0.459 e. The first-order chi connectivity index (χ1) is 17.3. The lowest BCUT2D eigenvalue weighted by Gasteiger charge is -2.36. The first-order valence-electron chi connectivity index (χ1n) is 12.4. The number of piperazine rings is 1. The Kier molecular flexibility index (Phi) is 6.21. The molecule has 10 nitrogen and oxygen atoms in total. The number of hydrogen-bond acceptors (Lipinski definition) is 6. The van der Waals surface area contributed by atoms with Crippen molar-refractivity contribution in [2.45, 2.75) is 45.7 Å². The molecule has 1 saturated heterocycles. The molecule has 0 bridgehead atoms. The topological polar surface area (TPSA) is 114 Å². The molecule has 0 radical (unpaired) electrons. The van der Waals surface area contributed by atoms with Crippen molar-refractivity contribution < 1.29 is 14.1 Å². The van der Waals surface area contributed by atoms with E-state index in [4.69, 9.17) is 4.42 Å². The van der Waals surface area contributed by atoms with Crippen LogP contribution in [0.5, 0.6) is 0 Å². The summed E-state index contributed by atoms with van der Waals surface area (Å²) in [6.07, 6.45) is 2.33. The number of H-pyrrole nitrogens is 1. The summed E-state index contributed by atoms with van der Waals surface area (Å²) in [6, 6.07) is 11.0. The Morgan fingerprint density at radius 2 is 2.00 bits per heavy atom.